The van der Waals surface area contributed by atoms with E-state index in [4.69, 9.17) is 0 Å². The Hall–Kier alpha value is -3.19. The third kappa shape index (κ3) is 6.39. The maximum absolute atomic E-state index is 14.2. The predicted octanol–water partition coefficient (Wildman–Crippen LogP) is 7.51. The lowest BCUT2D eigenvalue weighted by Gasteiger charge is -2.36. The molecule has 1 saturated heterocycles. The van der Waals surface area contributed by atoms with Gasteiger partial charge in [-0.2, -0.15) is 13.2 Å². The number of hydrogen-bond acceptors (Lipinski definition) is 4. The van der Waals surface area contributed by atoms with E-state index in [1.165, 1.54) is 6.07 Å². The SMILES string of the molecule is CCN1CCN(c2ccc(NC(C)c3cccc(NC(C)C)c3-c3ccccc3)cc2C(F)(F)F)CC1. The number of nitrogens with one attached hydrogen (secondary N) is 2. The molecule has 1 aliphatic heterocycles. The molecule has 0 amide bonds. The number of anilines is 3. The first kappa shape index (κ1) is 26.9. The Bertz CT molecular complexity index is 1170. The van der Waals surface area contributed by atoms with E-state index in [1.807, 2.05) is 48.2 Å². The van der Waals surface area contributed by atoms with Crippen LogP contribution in [0, 0.1) is 0 Å². The minimum absolute atomic E-state index is 0.218. The highest BCUT2D eigenvalue weighted by Crippen LogP contribution is 2.40. The Labute approximate surface area is 218 Å². The van der Waals surface area contributed by atoms with Crippen LogP contribution in [-0.2, 0) is 6.18 Å². The molecule has 0 aromatic heterocycles. The Balaban J connectivity index is 1.65. The number of rotatable bonds is 8. The highest BCUT2D eigenvalue weighted by atomic mass is 19.4. The van der Waals surface area contributed by atoms with Crippen LogP contribution in [0.5, 0.6) is 0 Å². The van der Waals surface area contributed by atoms with Gasteiger partial charge < -0.3 is 20.4 Å². The molecule has 4 nitrogen and oxygen atoms in total. The normalized spacial score (nSPS) is 15.6. The second kappa shape index (κ2) is 11.5. The Kier molecular flexibility index (Phi) is 8.32. The van der Waals surface area contributed by atoms with Crippen LogP contribution in [0.2, 0.25) is 0 Å². The first-order chi connectivity index (χ1) is 17.7. The van der Waals surface area contributed by atoms with Crippen molar-refractivity contribution in [2.75, 3.05) is 48.3 Å². The van der Waals surface area contributed by atoms with Crippen molar-refractivity contribution in [1.29, 1.82) is 0 Å². The molecule has 37 heavy (non-hydrogen) atoms. The monoisotopic (exact) mass is 510 g/mol. The molecule has 0 saturated carbocycles. The van der Waals surface area contributed by atoms with Crippen LogP contribution in [-0.4, -0.2) is 43.7 Å². The van der Waals surface area contributed by atoms with Gasteiger partial charge in [-0.1, -0.05) is 49.4 Å². The summed E-state index contributed by atoms with van der Waals surface area (Å²) in [7, 11) is 0. The predicted molar refractivity (Wildman–Crippen MR) is 148 cm³/mol. The summed E-state index contributed by atoms with van der Waals surface area (Å²) in [6.45, 7) is 11.9. The smallest absolute Gasteiger partial charge is 0.382 e. The fourth-order valence-electron chi connectivity index (χ4n) is 5.05. The summed E-state index contributed by atoms with van der Waals surface area (Å²) in [5.74, 6) is 0. The van der Waals surface area contributed by atoms with Gasteiger partial charge in [0.05, 0.1) is 5.56 Å². The Morgan fingerprint density at radius 3 is 2.16 bits per heavy atom. The van der Waals surface area contributed by atoms with Gasteiger partial charge >= 0.3 is 6.18 Å². The molecule has 1 atom stereocenters. The molecule has 4 rings (SSSR count). The number of nitrogens with zero attached hydrogens (tertiary/aromatic N) is 2. The lowest BCUT2D eigenvalue weighted by Crippen LogP contribution is -2.46. The number of halogens is 3. The molecule has 1 aliphatic rings. The van der Waals surface area contributed by atoms with E-state index in [1.54, 1.807) is 12.1 Å². The third-order valence-electron chi connectivity index (χ3n) is 6.92. The molecule has 2 N–H and O–H groups in total. The molecular weight excluding hydrogens is 473 g/mol. The maximum atomic E-state index is 14.2. The second-order valence-electron chi connectivity index (χ2n) is 9.95. The molecule has 7 heteroatoms. The van der Waals surface area contributed by atoms with E-state index in [0.29, 0.717) is 18.8 Å². The van der Waals surface area contributed by atoms with Gasteiger partial charge in [0.1, 0.15) is 0 Å². The molecule has 0 bridgehead atoms. The lowest BCUT2D eigenvalue weighted by atomic mass is 9.93. The molecule has 1 unspecified atom stereocenters. The van der Waals surface area contributed by atoms with Crippen LogP contribution in [0.4, 0.5) is 30.2 Å². The summed E-state index contributed by atoms with van der Waals surface area (Å²) < 4.78 is 42.5. The molecule has 0 aliphatic carbocycles. The second-order valence-corrected chi connectivity index (χ2v) is 9.95. The first-order valence-electron chi connectivity index (χ1n) is 13.1. The van der Waals surface area contributed by atoms with E-state index in [-0.39, 0.29) is 17.8 Å². The quantitative estimate of drug-likeness (QED) is 0.328. The summed E-state index contributed by atoms with van der Waals surface area (Å²) in [4.78, 5) is 4.12. The van der Waals surface area contributed by atoms with Crippen LogP contribution >= 0.6 is 0 Å². The van der Waals surface area contributed by atoms with Crippen LogP contribution in [0.3, 0.4) is 0 Å². The molecule has 198 valence electrons. The van der Waals surface area contributed by atoms with E-state index >= 15 is 0 Å². The van der Waals surface area contributed by atoms with Gasteiger partial charge in [0, 0.05) is 60.9 Å². The number of piperazine rings is 1. The number of alkyl halides is 3. The zero-order valence-electron chi connectivity index (χ0n) is 22.1. The summed E-state index contributed by atoms with van der Waals surface area (Å²) in [5.41, 5.74) is 4.26. The van der Waals surface area contributed by atoms with Crippen molar-refractivity contribution < 1.29 is 13.2 Å². The van der Waals surface area contributed by atoms with Gasteiger partial charge in [-0.25, -0.2) is 0 Å². The Morgan fingerprint density at radius 1 is 0.838 bits per heavy atom. The van der Waals surface area contributed by atoms with Crippen LogP contribution in [0.15, 0.2) is 66.7 Å². The molecule has 3 aromatic rings. The molecule has 3 aromatic carbocycles. The zero-order chi connectivity index (χ0) is 26.6. The third-order valence-corrected chi connectivity index (χ3v) is 6.92. The molecule has 1 fully saturated rings. The summed E-state index contributed by atoms with van der Waals surface area (Å²) >= 11 is 0. The minimum atomic E-state index is -4.44. The standard InChI is InChI=1S/C30H37F3N4/c1-5-36-16-18-37(19-17-36)28-15-14-24(20-26(28)30(31,32)33)35-22(4)25-12-9-13-27(34-21(2)3)29(25)23-10-7-6-8-11-23/h6-15,20-22,34-35H,5,16-19H2,1-4H3. The van der Waals surface area contributed by atoms with Crippen LogP contribution in [0.1, 0.15) is 44.9 Å². The van der Waals surface area contributed by atoms with E-state index < -0.39 is 11.7 Å². The fourth-order valence-corrected chi connectivity index (χ4v) is 5.05. The minimum Gasteiger partial charge on any atom is -0.382 e. The molecular formula is C30H37F3N4. The highest BCUT2D eigenvalue weighted by molar-refractivity contribution is 5.82. The van der Waals surface area contributed by atoms with Gasteiger partial charge in [0.25, 0.3) is 0 Å². The number of hydrogen-bond donors (Lipinski definition) is 2. The summed E-state index contributed by atoms with van der Waals surface area (Å²) in [6.07, 6.45) is -4.44. The van der Waals surface area contributed by atoms with Gasteiger partial charge in [0.2, 0.25) is 0 Å². The molecule has 0 spiro atoms. The fraction of sp³-hybridized carbons (Fsp3) is 0.400. The van der Waals surface area contributed by atoms with Crippen molar-refractivity contribution >= 4 is 17.1 Å². The van der Waals surface area contributed by atoms with Crippen molar-refractivity contribution in [2.45, 2.75) is 46.0 Å². The summed E-state index contributed by atoms with van der Waals surface area (Å²) in [5, 5.41) is 6.88. The van der Waals surface area contributed by atoms with E-state index in [9.17, 15) is 13.2 Å². The zero-order valence-corrected chi connectivity index (χ0v) is 22.1. The van der Waals surface area contributed by atoms with Crippen molar-refractivity contribution in [3.63, 3.8) is 0 Å². The lowest BCUT2D eigenvalue weighted by molar-refractivity contribution is -0.137. The van der Waals surface area contributed by atoms with Crippen molar-refractivity contribution in [2.24, 2.45) is 0 Å². The first-order valence-corrected chi connectivity index (χ1v) is 13.1. The van der Waals surface area contributed by atoms with Gasteiger partial charge in [0.15, 0.2) is 0 Å². The number of benzene rings is 3. The topological polar surface area (TPSA) is 30.5 Å². The Morgan fingerprint density at radius 2 is 1.54 bits per heavy atom. The van der Waals surface area contributed by atoms with Gasteiger partial charge in [-0.3, -0.25) is 0 Å². The average Bonchev–Trinajstić information content (AvgIpc) is 2.88. The van der Waals surface area contributed by atoms with E-state index in [0.717, 1.165) is 42.0 Å². The molecule has 1 heterocycles. The van der Waals surface area contributed by atoms with E-state index in [2.05, 4.69) is 48.4 Å². The maximum Gasteiger partial charge on any atom is 0.418 e. The van der Waals surface area contributed by atoms with Crippen molar-refractivity contribution in [3.8, 4) is 11.1 Å². The van der Waals surface area contributed by atoms with Crippen molar-refractivity contribution in [1.82, 2.24) is 4.90 Å². The van der Waals surface area contributed by atoms with Gasteiger partial charge in [-0.15, -0.1) is 0 Å². The average molecular weight is 511 g/mol. The highest BCUT2D eigenvalue weighted by Gasteiger charge is 2.36. The largest absolute Gasteiger partial charge is 0.418 e. The van der Waals surface area contributed by atoms with Gasteiger partial charge in [-0.05, 0) is 62.7 Å². The van der Waals surface area contributed by atoms with Crippen LogP contribution in [0.25, 0.3) is 11.1 Å². The number of likely N-dealkylation sites (N-methyl/N-ethyl adjacent to an activating group) is 1. The molecule has 0 radical (unpaired) electrons. The van der Waals surface area contributed by atoms with Crippen LogP contribution < -0.4 is 15.5 Å². The summed E-state index contributed by atoms with van der Waals surface area (Å²) in [6, 6.07) is 20.8. The van der Waals surface area contributed by atoms with Crippen molar-refractivity contribution in [3.05, 3.63) is 77.9 Å².